The van der Waals surface area contributed by atoms with Gasteiger partial charge in [0.2, 0.25) is 0 Å². The lowest BCUT2D eigenvalue weighted by Gasteiger charge is -2.29. The zero-order valence-corrected chi connectivity index (χ0v) is 8.35. The predicted molar refractivity (Wildman–Crippen MR) is 47.4 cm³/mol. The van der Waals surface area contributed by atoms with E-state index in [-0.39, 0.29) is 6.54 Å². The third-order valence-corrected chi connectivity index (χ3v) is 2.53. The van der Waals surface area contributed by atoms with Gasteiger partial charge >= 0.3 is 6.18 Å². The molecule has 1 N–H and O–H groups in total. The van der Waals surface area contributed by atoms with Gasteiger partial charge in [0.15, 0.2) is 6.10 Å². The fraction of sp³-hybridized carbons (Fsp3) is 0.750. The second-order valence-corrected chi connectivity index (χ2v) is 3.73. The van der Waals surface area contributed by atoms with Crippen molar-refractivity contribution in [2.24, 2.45) is 0 Å². The lowest BCUT2D eigenvalue weighted by molar-refractivity contribution is -0.209. The normalized spacial score (nSPS) is 19.5. The molecule has 5 nitrogen and oxygen atoms in total. The summed E-state index contributed by atoms with van der Waals surface area (Å²) in [6.45, 7) is 0.870. The van der Waals surface area contributed by atoms with Gasteiger partial charge in [0.25, 0.3) is 0 Å². The molecule has 0 aromatic carbocycles. The molecule has 0 radical (unpaired) electrons. The number of hydrogen-bond acceptors (Lipinski definition) is 4. The van der Waals surface area contributed by atoms with E-state index in [0.717, 1.165) is 0 Å². The molecule has 0 bridgehead atoms. The van der Waals surface area contributed by atoms with Crippen molar-refractivity contribution in [2.45, 2.75) is 25.4 Å². The van der Waals surface area contributed by atoms with Crippen molar-refractivity contribution in [2.75, 3.05) is 13.1 Å². The number of alkyl halides is 3. The van der Waals surface area contributed by atoms with Crippen LogP contribution in [0, 0.1) is 0 Å². The standard InChI is InChI=1S/C8H11F3N4O/c9-8(10,11)6(16)3-14-1-2-15-5-12-13-7(15)4-14/h5-6,16H,1-4H2. The van der Waals surface area contributed by atoms with Crippen molar-refractivity contribution in [3.8, 4) is 0 Å². The predicted octanol–water partition coefficient (Wildman–Crippen LogP) is 0.0169. The van der Waals surface area contributed by atoms with Crippen molar-refractivity contribution in [3.05, 3.63) is 12.2 Å². The quantitative estimate of drug-likeness (QED) is 0.786. The molecule has 1 atom stereocenters. The first-order valence-electron chi connectivity index (χ1n) is 4.80. The van der Waals surface area contributed by atoms with Crippen LogP contribution in [0.5, 0.6) is 0 Å². The molecule has 1 aromatic heterocycles. The highest BCUT2D eigenvalue weighted by Gasteiger charge is 2.39. The highest BCUT2D eigenvalue weighted by molar-refractivity contribution is 4.90. The number of rotatable bonds is 2. The summed E-state index contributed by atoms with van der Waals surface area (Å²) in [5.41, 5.74) is 0. The van der Waals surface area contributed by atoms with Crippen LogP contribution in [0.25, 0.3) is 0 Å². The molecule has 1 aliphatic heterocycles. The first-order valence-corrected chi connectivity index (χ1v) is 4.80. The van der Waals surface area contributed by atoms with Gasteiger partial charge < -0.3 is 9.67 Å². The number of nitrogens with zero attached hydrogens (tertiary/aromatic N) is 4. The van der Waals surface area contributed by atoms with Crippen LogP contribution >= 0.6 is 0 Å². The van der Waals surface area contributed by atoms with Crippen molar-refractivity contribution < 1.29 is 18.3 Å². The summed E-state index contributed by atoms with van der Waals surface area (Å²) in [4.78, 5) is 1.52. The molecular weight excluding hydrogens is 225 g/mol. The average Bonchev–Trinajstić information content (AvgIpc) is 2.63. The second-order valence-electron chi connectivity index (χ2n) is 3.73. The Labute approximate surface area is 89.5 Å². The zero-order chi connectivity index (χ0) is 11.8. The number of fused-ring (bicyclic) bond motifs is 1. The molecular formula is C8H11F3N4O. The van der Waals surface area contributed by atoms with Crippen LogP contribution in [0.15, 0.2) is 6.33 Å². The Morgan fingerprint density at radius 3 is 2.88 bits per heavy atom. The number of halogens is 3. The van der Waals surface area contributed by atoms with E-state index in [9.17, 15) is 13.2 Å². The van der Waals surface area contributed by atoms with E-state index in [2.05, 4.69) is 10.2 Å². The number of β-amino-alcohol motifs (C(OH)–C–C–N with tert-alkyl or cyclic N) is 1. The fourth-order valence-electron chi connectivity index (χ4n) is 1.62. The second kappa shape index (κ2) is 4.02. The maximum Gasteiger partial charge on any atom is 0.415 e. The molecule has 16 heavy (non-hydrogen) atoms. The van der Waals surface area contributed by atoms with Gasteiger partial charge in [-0.05, 0) is 0 Å². The number of aliphatic hydroxyl groups is 1. The highest BCUT2D eigenvalue weighted by atomic mass is 19.4. The van der Waals surface area contributed by atoms with Crippen LogP contribution < -0.4 is 0 Å². The summed E-state index contributed by atoms with van der Waals surface area (Å²) in [5.74, 6) is 0.626. The molecule has 2 heterocycles. The summed E-state index contributed by atoms with van der Waals surface area (Å²) in [6, 6.07) is 0. The molecule has 1 aromatic rings. The molecule has 2 rings (SSSR count). The number of hydrogen-bond donors (Lipinski definition) is 1. The average molecular weight is 236 g/mol. The summed E-state index contributed by atoms with van der Waals surface area (Å²) in [7, 11) is 0. The van der Waals surface area contributed by atoms with Crippen molar-refractivity contribution in [3.63, 3.8) is 0 Å². The summed E-state index contributed by atoms with van der Waals surface area (Å²) in [6.07, 6.45) is -5.32. The van der Waals surface area contributed by atoms with Gasteiger partial charge in [-0.2, -0.15) is 13.2 Å². The first kappa shape index (κ1) is 11.3. The molecule has 0 aliphatic carbocycles. The lowest BCUT2D eigenvalue weighted by atomic mass is 10.2. The minimum absolute atomic E-state index is 0.285. The minimum Gasteiger partial charge on any atom is -0.382 e. The van der Waals surface area contributed by atoms with Crippen molar-refractivity contribution in [1.82, 2.24) is 19.7 Å². The minimum atomic E-state index is -4.56. The van der Waals surface area contributed by atoms with Crippen LogP contribution in [0.1, 0.15) is 5.82 Å². The zero-order valence-electron chi connectivity index (χ0n) is 8.35. The molecule has 90 valence electrons. The Bertz CT molecular complexity index is 364. The van der Waals surface area contributed by atoms with E-state index in [0.29, 0.717) is 18.9 Å². The summed E-state index contributed by atoms with van der Waals surface area (Å²) >= 11 is 0. The largest absolute Gasteiger partial charge is 0.415 e. The van der Waals surface area contributed by atoms with E-state index in [1.54, 1.807) is 10.9 Å². The van der Waals surface area contributed by atoms with Crippen LogP contribution in [-0.2, 0) is 13.1 Å². The van der Waals surface area contributed by atoms with E-state index in [1.807, 2.05) is 0 Å². The third-order valence-electron chi connectivity index (χ3n) is 2.53. The Kier molecular flexibility index (Phi) is 2.85. The molecule has 0 fully saturated rings. The van der Waals surface area contributed by atoms with E-state index < -0.39 is 18.8 Å². The van der Waals surface area contributed by atoms with Gasteiger partial charge in [-0.1, -0.05) is 0 Å². The van der Waals surface area contributed by atoms with E-state index in [4.69, 9.17) is 5.11 Å². The molecule has 0 spiro atoms. The summed E-state index contributed by atoms with van der Waals surface area (Å²) < 4.78 is 38.2. The van der Waals surface area contributed by atoms with Gasteiger partial charge in [-0.25, -0.2) is 0 Å². The molecule has 0 saturated heterocycles. The molecule has 0 saturated carbocycles. The van der Waals surface area contributed by atoms with Gasteiger partial charge in [-0.15, -0.1) is 10.2 Å². The number of aromatic nitrogens is 3. The Hall–Kier alpha value is -1.15. The van der Waals surface area contributed by atoms with Gasteiger partial charge in [0.05, 0.1) is 6.54 Å². The third kappa shape index (κ3) is 2.33. The van der Waals surface area contributed by atoms with Gasteiger partial charge in [0.1, 0.15) is 12.2 Å². The maximum absolute atomic E-state index is 12.1. The SMILES string of the molecule is OC(CN1CCn2cnnc2C1)C(F)(F)F. The topological polar surface area (TPSA) is 54.2 Å². The fourth-order valence-corrected chi connectivity index (χ4v) is 1.62. The molecule has 0 amide bonds. The maximum atomic E-state index is 12.1. The Balaban J connectivity index is 1.95. The van der Waals surface area contributed by atoms with Crippen molar-refractivity contribution in [1.29, 1.82) is 0 Å². The number of aliphatic hydroxyl groups excluding tert-OH is 1. The smallest absolute Gasteiger partial charge is 0.382 e. The van der Waals surface area contributed by atoms with E-state index >= 15 is 0 Å². The molecule has 1 aliphatic rings. The van der Waals surface area contributed by atoms with Crippen LogP contribution in [0.3, 0.4) is 0 Å². The van der Waals surface area contributed by atoms with Crippen molar-refractivity contribution >= 4 is 0 Å². The first-order chi connectivity index (χ1) is 7.47. The van der Waals surface area contributed by atoms with Gasteiger partial charge in [-0.3, -0.25) is 4.90 Å². The Morgan fingerprint density at radius 2 is 2.19 bits per heavy atom. The monoisotopic (exact) mass is 236 g/mol. The van der Waals surface area contributed by atoms with Crippen LogP contribution in [0.4, 0.5) is 13.2 Å². The van der Waals surface area contributed by atoms with Crippen LogP contribution in [0.2, 0.25) is 0 Å². The lowest BCUT2D eigenvalue weighted by Crippen LogP contribution is -2.44. The molecule has 1 unspecified atom stereocenters. The molecule has 8 heteroatoms. The Morgan fingerprint density at radius 1 is 1.44 bits per heavy atom. The summed E-state index contributed by atoms with van der Waals surface area (Å²) in [5, 5.41) is 16.4. The van der Waals surface area contributed by atoms with E-state index in [1.165, 1.54) is 4.90 Å². The highest BCUT2D eigenvalue weighted by Crippen LogP contribution is 2.21. The van der Waals surface area contributed by atoms with Gasteiger partial charge in [0, 0.05) is 19.6 Å². The van der Waals surface area contributed by atoms with Crippen LogP contribution in [-0.4, -0.2) is 50.1 Å².